The summed E-state index contributed by atoms with van der Waals surface area (Å²) in [6, 6.07) is 15.7. The zero-order valence-electron chi connectivity index (χ0n) is 12.3. The predicted molar refractivity (Wildman–Crippen MR) is 84.9 cm³/mol. The van der Waals surface area contributed by atoms with Crippen LogP contribution in [0.4, 0.5) is 5.69 Å². The van der Waals surface area contributed by atoms with Gasteiger partial charge in [-0.1, -0.05) is 37.3 Å². The largest absolute Gasteiger partial charge is 0.370 e. The number of aryl methyl sites for hydroxylation is 1. The summed E-state index contributed by atoms with van der Waals surface area (Å²) >= 11 is 0. The number of benzene rings is 2. The first-order chi connectivity index (χ1) is 9.76. The molecule has 2 aromatic rings. The van der Waals surface area contributed by atoms with E-state index in [1.54, 1.807) is 0 Å². The van der Waals surface area contributed by atoms with Crippen LogP contribution in [0.25, 0.3) is 0 Å². The van der Waals surface area contributed by atoms with Crippen LogP contribution < -0.4 is 10.2 Å². The van der Waals surface area contributed by atoms with Gasteiger partial charge in [0.05, 0.1) is 0 Å². The van der Waals surface area contributed by atoms with Crippen molar-refractivity contribution in [1.82, 2.24) is 5.32 Å². The van der Waals surface area contributed by atoms with Crippen molar-refractivity contribution in [3.8, 4) is 0 Å². The van der Waals surface area contributed by atoms with Crippen LogP contribution in [0.5, 0.6) is 0 Å². The lowest BCUT2D eigenvalue weighted by Crippen LogP contribution is -2.16. The third-order valence-electron chi connectivity index (χ3n) is 4.11. The van der Waals surface area contributed by atoms with Crippen molar-refractivity contribution in [2.24, 2.45) is 0 Å². The van der Waals surface area contributed by atoms with Gasteiger partial charge in [-0.2, -0.15) is 0 Å². The number of rotatable bonds is 4. The van der Waals surface area contributed by atoms with Gasteiger partial charge in [0.15, 0.2) is 0 Å². The van der Waals surface area contributed by atoms with E-state index in [1.807, 2.05) is 0 Å². The van der Waals surface area contributed by atoms with E-state index >= 15 is 0 Å². The van der Waals surface area contributed by atoms with E-state index in [0.717, 1.165) is 26.1 Å². The van der Waals surface area contributed by atoms with E-state index in [9.17, 15) is 0 Å². The molecule has 2 heteroatoms. The Morgan fingerprint density at radius 3 is 2.40 bits per heavy atom. The van der Waals surface area contributed by atoms with Crippen molar-refractivity contribution in [1.29, 1.82) is 0 Å². The van der Waals surface area contributed by atoms with Crippen LogP contribution in [0.15, 0.2) is 42.5 Å². The molecule has 0 bridgehead atoms. The average molecular weight is 266 g/mol. The maximum atomic E-state index is 3.40. The normalized spacial score (nSPS) is 13.3. The summed E-state index contributed by atoms with van der Waals surface area (Å²) in [5, 5.41) is 3.40. The van der Waals surface area contributed by atoms with Crippen molar-refractivity contribution in [3.05, 3.63) is 64.7 Å². The second-order valence-corrected chi connectivity index (χ2v) is 5.58. The molecule has 104 valence electrons. The molecule has 1 aliphatic rings. The summed E-state index contributed by atoms with van der Waals surface area (Å²) in [5.41, 5.74) is 6.96. The summed E-state index contributed by atoms with van der Waals surface area (Å²) in [5.74, 6) is 0. The van der Waals surface area contributed by atoms with Gasteiger partial charge < -0.3 is 10.2 Å². The lowest BCUT2D eigenvalue weighted by atomic mass is 10.1. The van der Waals surface area contributed by atoms with Crippen LogP contribution in [0.1, 0.15) is 29.2 Å². The molecule has 20 heavy (non-hydrogen) atoms. The monoisotopic (exact) mass is 266 g/mol. The molecule has 0 fully saturated rings. The van der Waals surface area contributed by atoms with Gasteiger partial charge >= 0.3 is 0 Å². The highest BCUT2D eigenvalue weighted by Gasteiger charge is 2.11. The van der Waals surface area contributed by atoms with E-state index < -0.39 is 0 Å². The summed E-state index contributed by atoms with van der Waals surface area (Å²) in [6.45, 7) is 5.18. The Morgan fingerprint density at radius 1 is 0.950 bits per heavy atom. The average Bonchev–Trinajstić information content (AvgIpc) is 2.95. The molecule has 0 aromatic heterocycles. The lowest BCUT2D eigenvalue weighted by Gasteiger charge is -2.20. The van der Waals surface area contributed by atoms with Gasteiger partial charge in [0, 0.05) is 32.4 Å². The molecule has 0 spiro atoms. The van der Waals surface area contributed by atoms with Crippen LogP contribution in [0.3, 0.4) is 0 Å². The Kier molecular flexibility index (Phi) is 3.75. The molecule has 1 heterocycles. The Bertz CT molecular complexity index is 587. The number of hydrogen-bond donors (Lipinski definition) is 1. The van der Waals surface area contributed by atoms with Crippen LogP contribution in [0, 0.1) is 0 Å². The third-order valence-corrected chi connectivity index (χ3v) is 4.11. The Labute approximate surface area is 121 Å². The lowest BCUT2D eigenvalue weighted by molar-refractivity contribution is 0.764. The summed E-state index contributed by atoms with van der Waals surface area (Å²) in [7, 11) is 2.16. The minimum atomic E-state index is 0.957. The van der Waals surface area contributed by atoms with Gasteiger partial charge in [0.1, 0.15) is 0 Å². The van der Waals surface area contributed by atoms with Crippen LogP contribution in [-0.2, 0) is 26.1 Å². The molecule has 1 N–H and O–H groups in total. The highest BCUT2D eigenvalue weighted by molar-refractivity contribution is 5.48. The molecular formula is C18H22N2. The smallest absolute Gasteiger partial charge is 0.0426 e. The number of nitrogens with one attached hydrogen (secondary N) is 1. The van der Waals surface area contributed by atoms with Crippen molar-refractivity contribution < 1.29 is 0 Å². The van der Waals surface area contributed by atoms with E-state index in [-0.39, 0.29) is 0 Å². The van der Waals surface area contributed by atoms with Crippen LogP contribution >= 0.6 is 0 Å². The number of anilines is 1. The molecule has 0 amide bonds. The molecule has 0 saturated heterocycles. The minimum absolute atomic E-state index is 0.957. The summed E-state index contributed by atoms with van der Waals surface area (Å²) < 4.78 is 0. The van der Waals surface area contributed by atoms with Crippen molar-refractivity contribution in [2.45, 2.75) is 33.0 Å². The quantitative estimate of drug-likeness (QED) is 0.911. The van der Waals surface area contributed by atoms with Crippen molar-refractivity contribution in [2.75, 3.05) is 11.9 Å². The van der Waals surface area contributed by atoms with E-state index in [0.29, 0.717) is 0 Å². The summed E-state index contributed by atoms with van der Waals surface area (Å²) in [6.07, 6.45) is 1.10. The fraction of sp³-hybridized carbons (Fsp3) is 0.333. The Morgan fingerprint density at radius 2 is 1.65 bits per heavy atom. The van der Waals surface area contributed by atoms with Gasteiger partial charge in [-0.3, -0.25) is 0 Å². The maximum absolute atomic E-state index is 3.40. The first-order valence-corrected chi connectivity index (χ1v) is 7.37. The zero-order chi connectivity index (χ0) is 13.9. The Hall–Kier alpha value is -1.80. The second kappa shape index (κ2) is 5.68. The van der Waals surface area contributed by atoms with Gasteiger partial charge in [-0.25, -0.2) is 0 Å². The van der Waals surface area contributed by atoms with Gasteiger partial charge in [0.2, 0.25) is 0 Å². The van der Waals surface area contributed by atoms with E-state index in [1.165, 1.54) is 27.9 Å². The third kappa shape index (κ3) is 2.70. The molecule has 0 radical (unpaired) electrons. The van der Waals surface area contributed by atoms with Gasteiger partial charge in [-0.05, 0) is 40.8 Å². The van der Waals surface area contributed by atoms with Crippen LogP contribution in [-0.4, -0.2) is 7.05 Å². The molecule has 0 atom stereocenters. The molecule has 2 aromatic carbocycles. The van der Waals surface area contributed by atoms with E-state index in [4.69, 9.17) is 0 Å². The zero-order valence-corrected chi connectivity index (χ0v) is 12.3. The van der Waals surface area contributed by atoms with Gasteiger partial charge in [-0.15, -0.1) is 0 Å². The fourth-order valence-electron chi connectivity index (χ4n) is 2.80. The first kappa shape index (κ1) is 13.2. The molecule has 0 unspecified atom stereocenters. The molecule has 1 aliphatic heterocycles. The highest BCUT2D eigenvalue weighted by Crippen LogP contribution is 2.20. The standard InChI is InChI=1S/C18H22N2/c1-3-14-5-8-18(9-6-14)20(2)13-15-4-7-16-11-19-12-17(16)10-15/h4-10,19H,3,11-13H2,1-2H3. The maximum Gasteiger partial charge on any atom is 0.0426 e. The topological polar surface area (TPSA) is 15.3 Å². The van der Waals surface area contributed by atoms with E-state index in [2.05, 4.69) is 66.7 Å². The SMILES string of the molecule is CCc1ccc(N(C)Cc2ccc3c(c2)CNC3)cc1. The molecule has 3 rings (SSSR count). The molecule has 2 nitrogen and oxygen atoms in total. The first-order valence-electron chi connectivity index (χ1n) is 7.37. The Balaban J connectivity index is 1.73. The number of nitrogens with zero attached hydrogens (tertiary/aromatic N) is 1. The minimum Gasteiger partial charge on any atom is -0.370 e. The highest BCUT2D eigenvalue weighted by atomic mass is 15.1. The number of fused-ring (bicyclic) bond motifs is 1. The molecular weight excluding hydrogens is 244 g/mol. The van der Waals surface area contributed by atoms with Gasteiger partial charge in [0.25, 0.3) is 0 Å². The summed E-state index contributed by atoms with van der Waals surface area (Å²) in [4.78, 5) is 2.31. The molecule has 0 aliphatic carbocycles. The number of hydrogen-bond acceptors (Lipinski definition) is 2. The fourth-order valence-corrected chi connectivity index (χ4v) is 2.80. The second-order valence-electron chi connectivity index (χ2n) is 5.58. The van der Waals surface area contributed by atoms with Crippen LogP contribution in [0.2, 0.25) is 0 Å². The predicted octanol–water partition coefficient (Wildman–Crippen LogP) is 3.49. The molecule has 0 saturated carbocycles. The van der Waals surface area contributed by atoms with Crippen molar-refractivity contribution >= 4 is 5.69 Å². The van der Waals surface area contributed by atoms with Crippen molar-refractivity contribution in [3.63, 3.8) is 0 Å².